The van der Waals surface area contributed by atoms with E-state index in [-0.39, 0.29) is 18.4 Å². The van der Waals surface area contributed by atoms with Crippen molar-refractivity contribution in [3.63, 3.8) is 0 Å². The average Bonchev–Trinajstić information content (AvgIpc) is 3.00. The van der Waals surface area contributed by atoms with E-state index in [4.69, 9.17) is 4.42 Å². The molecule has 5 heteroatoms. The monoisotopic (exact) mass is 298 g/mol. The second-order valence-corrected chi connectivity index (χ2v) is 4.96. The molecule has 0 aliphatic carbocycles. The SMILES string of the molecule is Cc1ccc(NC(=O)CN(C)C(=O)C=Cc2ccco2)cc1. The van der Waals surface area contributed by atoms with Gasteiger partial charge in [0.25, 0.3) is 0 Å². The molecule has 0 atom stereocenters. The number of hydrogen-bond acceptors (Lipinski definition) is 3. The van der Waals surface area contributed by atoms with Crippen LogP contribution in [-0.2, 0) is 9.59 Å². The van der Waals surface area contributed by atoms with E-state index >= 15 is 0 Å². The molecule has 0 aliphatic rings. The first-order chi connectivity index (χ1) is 10.5. The van der Waals surface area contributed by atoms with Crippen LogP contribution < -0.4 is 5.32 Å². The lowest BCUT2D eigenvalue weighted by Gasteiger charge is -2.14. The van der Waals surface area contributed by atoms with Gasteiger partial charge in [-0.2, -0.15) is 0 Å². The van der Waals surface area contributed by atoms with Crippen molar-refractivity contribution in [2.24, 2.45) is 0 Å². The van der Waals surface area contributed by atoms with Crippen molar-refractivity contribution >= 4 is 23.6 Å². The van der Waals surface area contributed by atoms with Gasteiger partial charge in [-0.05, 0) is 37.3 Å². The molecule has 0 bridgehead atoms. The molecule has 2 amide bonds. The van der Waals surface area contributed by atoms with Crippen molar-refractivity contribution in [3.05, 3.63) is 60.1 Å². The van der Waals surface area contributed by atoms with Crippen molar-refractivity contribution in [2.45, 2.75) is 6.92 Å². The second-order valence-electron chi connectivity index (χ2n) is 4.96. The molecule has 0 saturated heterocycles. The second kappa shape index (κ2) is 7.26. The predicted octanol–water partition coefficient (Wildman–Crippen LogP) is 2.70. The van der Waals surface area contributed by atoms with E-state index in [1.54, 1.807) is 25.3 Å². The third-order valence-corrected chi connectivity index (χ3v) is 3.03. The van der Waals surface area contributed by atoms with Crippen LogP contribution >= 0.6 is 0 Å². The zero-order valence-corrected chi connectivity index (χ0v) is 12.6. The largest absolute Gasteiger partial charge is 0.465 e. The molecule has 114 valence electrons. The fourth-order valence-electron chi connectivity index (χ4n) is 1.80. The van der Waals surface area contributed by atoms with Crippen LogP contribution in [0.3, 0.4) is 0 Å². The van der Waals surface area contributed by atoms with Crippen molar-refractivity contribution in [2.75, 3.05) is 18.9 Å². The summed E-state index contributed by atoms with van der Waals surface area (Å²) in [6.07, 6.45) is 4.47. The minimum atomic E-state index is -0.268. The molecule has 2 aromatic rings. The van der Waals surface area contributed by atoms with Crippen LogP contribution in [0, 0.1) is 6.92 Å². The highest BCUT2D eigenvalue weighted by atomic mass is 16.3. The smallest absolute Gasteiger partial charge is 0.246 e. The van der Waals surface area contributed by atoms with Gasteiger partial charge in [0.1, 0.15) is 5.76 Å². The molecule has 0 unspecified atom stereocenters. The average molecular weight is 298 g/mol. The minimum Gasteiger partial charge on any atom is -0.465 e. The maximum atomic E-state index is 11.9. The van der Waals surface area contributed by atoms with Gasteiger partial charge in [0, 0.05) is 18.8 Å². The Bertz CT molecular complexity index is 658. The van der Waals surface area contributed by atoms with Crippen molar-refractivity contribution in [3.8, 4) is 0 Å². The van der Waals surface area contributed by atoms with Gasteiger partial charge in [-0.1, -0.05) is 17.7 Å². The highest BCUT2D eigenvalue weighted by Gasteiger charge is 2.10. The molecule has 1 aromatic carbocycles. The molecular weight excluding hydrogens is 280 g/mol. The van der Waals surface area contributed by atoms with Crippen LogP contribution in [0.4, 0.5) is 5.69 Å². The van der Waals surface area contributed by atoms with Crippen LogP contribution in [-0.4, -0.2) is 30.3 Å². The Kier molecular flexibility index (Phi) is 5.14. The quantitative estimate of drug-likeness (QED) is 0.863. The van der Waals surface area contributed by atoms with Gasteiger partial charge in [0.05, 0.1) is 12.8 Å². The first kappa shape index (κ1) is 15.6. The van der Waals surface area contributed by atoms with Crippen molar-refractivity contribution < 1.29 is 14.0 Å². The number of anilines is 1. The van der Waals surface area contributed by atoms with Crippen molar-refractivity contribution in [1.29, 1.82) is 0 Å². The fourth-order valence-corrected chi connectivity index (χ4v) is 1.80. The van der Waals surface area contributed by atoms with E-state index in [0.29, 0.717) is 11.4 Å². The van der Waals surface area contributed by atoms with E-state index in [2.05, 4.69) is 5.32 Å². The Hall–Kier alpha value is -2.82. The molecule has 2 rings (SSSR count). The molecule has 1 heterocycles. The molecule has 1 N–H and O–H groups in total. The predicted molar refractivity (Wildman–Crippen MR) is 85.2 cm³/mol. The Morgan fingerprint density at radius 2 is 1.95 bits per heavy atom. The number of furan rings is 1. The number of rotatable bonds is 5. The lowest BCUT2D eigenvalue weighted by molar-refractivity contribution is -0.129. The number of carbonyl (C=O) groups is 2. The molecule has 0 fully saturated rings. The third kappa shape index (κ3) is 4.63. The molecule has 5 nitrogen and oxygen atoms in total. The first-order valence-electron chi connectivity index (χ1n) is 6.88. The number of hydrogen-bond donors (Lipinski definition) is 1. The standard InChI is InChI=1S/C17H18N2O3/c1-13-5-7-14(8-6-13)18-16(20)12-19(2)17(21)10-9-15-4-3-11-22-15/h3-11H,12H2,1-2H3,(H,18,20). The van der Waals surface area contributed by atoms with Gasteiger partial charge in [-0.25, -0.2) is 0 Å². The Balaban J connectivity index is 1.85. The van der Waals surface area contributed by atoms with Gasteiger partial charge in [0.2, 0.25) is 11.8 Å². The van der Waals surface area contributed by atoms with Gasteiger partial charge >= 0.3 is 0 Å². The lowest BCUT2D eigenvalue weighted by atomic mass is 10.2. The fraction of sp³-hybridized carbons (Fsp3) is 0.176. The minimum absolute atomic E-state index is 0.0186. The topological polar surface area (TPSA) is 62.6 Å². The number of carbonyl (C=O) groups excluding carboxylic acids is 2. The van der Waals surface area contributed by atoms with E-state index in [9.17, 15) is 9.59 Å². The molecule has 0 spiro atoms. The maximum absolute atomic E-state index is 11.9. The summed E-state index contributed by atoms with van der Waals surface area (Å²) in [7, 11) is 1.57. The van der Waals surface area contributed by atoms with E-state index in [0.717, 1.165) is 5.56 Å². The number of aryl methyl sites for hydroxylation is 1. The van der Waals surface area contributed by atoms with Crippen molar-refractivity contribution in [1.82, 2.24) is 4.90 Å². The molecule has 0 radical (unpaired) electrons. The number of nitrogens with zero attached hydrogens (tertiary/aromatic N) is 1. The Morgan fingerprint density at radius 1 is 1.23 bits per heavy atom. The number of amides is 2. The van der Waals surface area contributed by atoms with Crippen LogP contribution in [0.5, 0.6) is 0 Å². The van der Waals surface area contributed by atoms with Gasteiger partial charge in [-0.3, -0.25) is 9.59 Å². The van der Waals surface area contributed by atoms with Crippen LogP contribution in [0.1, 0.15) is 11.3 Å². The van der Waals surface area contributed by atoms with Gasteiger partial charge in [0.15, 0.2) is 0 Å². The van der Waals surface area contributed by atoms with Gasteiger partial charge < -0.3 is 14.6 Å². The number of likely N-dealkylation sites (N-methyl/N-ethyl adjacent to an activating group) is 1. The maximum Gasteiger partial charge on any atom is 0.246 e. The molecule has 22 heavy (non-hydrogen) atoms. The Morgan fingerprint density at radius 3 is 2.59 bits per heavy atom. The summed E-state index contributed by atoms with van der Waals surface area (Å²) in [4.78, 5) is 25.1. The first-order valence-corrected chi connectivity index (χ1v) is 6.88. The van der Waals surface area contributed by atoms with E-state index in [1.807, 2.05) is 31.2 Å². The van der Waals surface area contributed by atoms with Gasteiger partial charge in [-0.15, -0.1) is 0 Å². The Labute approximate surface area is 129 Å². The summed E-state index contributed by atoms with van der Waals surface area (Å²) in [6.45, 7) is 1.96. The van der Waals surface area contributed by atoms with Crippen LogP contribution in [0.2, 0.25) is 0 Å². The summed E-state index contributed by atoms with van der Waals surface area (Å²) in [6, 6.07) is 11.0. The lowest BCUT2D eigenvalue weighted by Crippen LogP contribution is -2.33. The highest BCUT2D eigenvalue weighted by molar-refractivity contribution is 5.97. The van der Waals surface area contributed by atoms with Crippen LogP contribution in [0.25, 0.3) is 6.08 Å². The summed E-state index contributed by atoms with van der Waals surface area (Å²) in [5.41, 5.74) is 1.83. The summed E-state index contributed by atoms with van der Waals surface area (Å²) < 4.78 is 5.10. The molecular formula is C17H18N2O3. The zero-order valence-electron chi connectivity index (χ0n) is 12.6. The molecule has 1 aromatic heterocycles. The highest BCUT2D eigenvalue weighted by Crippen LogP contribution is 2.08. The molecule has 0 saturated carbocycles. The third-order valence-electron chi connectivity index (χ3n) is 3.03. The number of nitrogens with one attached hydrogen (secondary N) is 1. The van der Waals surface area contributed by atoms with E-state index in [1.165, 1.54) is 17.2 Å². The number of benzene rings is 1. The zero-order chi connectivity index (χ0) is 15.9. The van der Waals surface area contributed by atoms with Crippen LogP contribution in [0.15, 0.2) is 53.2 Å². The summed E-state index contributed by atoms with van der Waals surface area (Å²) in [5, 5.41) is 2.75. The summed E-state index contributed by atoms with van der Waals surface area (Å²) >= 11 is 0. The summed E-state index contributed by atoms with van der Waals surface area (Å²) in [5.74, 6) is 0.0763. The normalized spacial score (nSPS) is 10.6. The van der Waals surface area contributed by atoms with E-state index < -0.39 is 0 Å². The molecule has 0 aliphatic heterocycles.